The highest BCUT2D eigenvalue weighted by atomic mass is 32.1. The van der Waals surface area contributed by atoms with Crippen LogP contribution in [0.1, 0.15) is 5.56 Å². The Kier molecular flexibility index (Phi) is 3.38. The van der Waals surface area contributed by atoms with Crippen molar-refractivity contribution >= 4 is 12.2 Å². The molecular weight excluding hydrogens is 285 g/mol. The molecular formula is C16H10FN3S. The van der Waals surface area contributed by atoms with E-state index in [9.17, 15) is 4.39 Å². The van der Waals surface area contributed by atoms with Crippen molar-refractivity contribution in [1.29, 1.82) is 5.26 Å². The summed E-state index contributed by atoms with van der Waals surface area (Å²) in [6.45, 7) is 0. The number of hydrogen-bond acceptors (Lipinski definition) is 2. The number of imidazole rings is 1. The number of nitrogens with zero attached hydrogens (tertiary/aromatic N) is 2. The SMILES string of the molecule is N#Cc1ccc(-n2c(-c3ccccc3)c[nH]c2=S)c(F)c1. The summed E-state index contributed by atoms with van der Waals surface area (Å²) in [7, 11) is 0. The number of nitriles is 1. The summed E-state index contributed by atoms with van der Waals surface area (Å²) >= 11 is 5.25. The molecule has 1 heterocycles. The summed E-state index contributed by atoms with van der Waals surface area (Å²) in [6, 6.07) is 15.8. The highest BCUT2D eigenvalue weighted by Crippen LogP contribution is 2.25. The van der Waals surface area contributed by atoms with E-state index in [1.165, 1.54) is 6.07 Å². The van der Waals surface area contributed by atoms with Crippen LogP contribution in [0, 0.1) is 21.9 Å². The van der Waals surface area contributed by atoms with Crippen molar-refractivity contribution in [3.63, 3.8) is 0 Å². The molecule has 0 spiro atoms. The zero-order chi connectivity index (χ0) is 14.8. The van der Waals surface area contributed by atoms with Gasteiger partial charge in [-0.1, -0.05) is 30.3 Å². The molecule has 2 aromatic carbocycles. The predicted octanol–water partition coefficient (Wildman–Crippen LogP) is 4.21. The van der Waals surface area contributed by atoms with Gasteiger partial charge in [0.1, 0.15) is 5.82 Å². The van der Waals surface area contributed by atoms with E-state index in [4.69, 9.17) is 17.5 Å². The Bertz CT molecular complexity index is 888. The molecule has 3 nitrogen and oxygen atoms in total. The van der Waals surface area contributed by atoms with Gasteiger partial charge in [0.25, 0.3) is 0 Å². The molecule has 0 radical (unpaired) electrons. The summed E-state index contributed by atoms with van der Waals surface area (Å²) in [5.74, 6) is -0.484. The van der Waals surface area contributed by atoms with Gasteiger partial charge < -0.3 is 4.98 Å². The monoisotopic (exact) mass is 295 g/mol. The molecule has 3 rings (SSSR count). The Labute approximate surface area is 125 Å². The molecule has 0 saturated heterocycles. The summed E-state index contributed by atoms with van der Waals surface area (Å²) in [5.41, 5.74) is 2.29. The van der Waals surface area contributed by atoms with Gasteiger partial charge in [0, 0.05) is 11.8 Å². The van der Waals surface area contributed by atoms with Crippen molar-refractivity contribution < 1.29 is 4.39 Å². The third kappa shape index (κ3) is 2.37. The Balaban J connectivity index is 2.23. The Hall–Kier alpha value is -2.71. The van der Waals surface area contributed by atoms with Gasteiger partial charge in [-0.3, -0.25) is 4.57 Å². The fourth-order valence-electron chi connectivity index (χ4n) is 2.19. The minimum absolute atomic E-state index is 0.277. The van der Waals surface area contributed by atoms with Crippen LogP contribution in [0.4, 0.5) is 4.39 Å². The average Bonchev–Trinajstić information content (AvgIpc) is 2.89. The van der Waals surface area contributed by atoms with Crippen LogP contribution in [0.15, 0.2) is 54.7 Å². The Morgan fingerprint density at radius 3 is 2.57 bits per heavy atom. The van der Waals surface area contributed by atoms with Crippen LogP contribution in [0.3, 0.4) is 0 Å². The minimum atomic E-state index is -0.484. The third-order valence-electron chi connectivity index (χ3n) is 3.16. The first-order chi connectivity index (χ1) is 10.2. The molecule has 0 unspecified atom stereocenters. The van der Waals surface area contributed by atoms with E-state index >= 15 is 0 Å². The lowest BCUT2D eigenvalue weighted by Gasteiger charge is -2.09. The van der Waals surface area contributed by atoms with Crippen LogP contribution in [0.5, 0.6) is 0 Å². The van der Waals surface area contributed by atoms with Crippen LogP contribution >= 0.6 is 12.2 Å². The Morgan fingerprint density at radius 1 is 1.14 bits per heavy atom. The lowest BCUT2D eigenvalue weighted by Crippen LogP contribution is -2.00. The zero-order valence-corrected chi connectivity index (χ0v) is 11.7. The van der Waals surface area contributed by atoms with E-state index in [0.29, 0.717) is 10.5 Å². The molecule has 0 aliphatic heterocycles. The first kappa shape index (κ1) is 13.3. The second-order valence-electron chi connectivity index (χ2n) is 4.46. The van der Waals surface area contributed by atoms with E-state index < -0.39 is 5.82 Å². The van der Waals surface area contributed by atoms with Crippen LogP contribution < -0.4 is 0 Å². The predicted molar refractivity (Wildman–Crippen MR) is 81.1 cm³/mol. The maximum atomic E-state index is 14.2. The summed E-state index contributed by atoms with van der Waals surface area (Å²) in [5, 5.41) is 8.82. The van der Waals surface area contributed by atoms with E-state index in [1.54, 1.807) is 22.9 Å². The number of nitrogens with one attached hydrogen (secondary N) is 1. The van der Waals surface area contributed by atoms with Gasteiger partial charge in [0.05, 0.1) is 23.0 Å². The van der Waals surface area contributed by atoms with Crippen LogP contribution in [0.2, 0.25) is 0 Å². The number of halogens is 1. The molecule has 102 valence electrons. The summed E-state index contributed by atoms with van der Waals surface area (Å²) in [6.07, 6.45) is 1.75. The van der Waals surface area contributed by atoms with Crippen molar-refractivity contribution in [2.24, 2.45) is 0 Å². The molecule has 21 heavy (non-hydrogen) atoms. The normalized spacial score (nSPS) is 10.3. The lowest BCUT2D eigenvalue weighted by molar-refractivity contribution is 0.617. The van der Waals surface area contributed by atoms with Gasteiger partial charge in [0.2, 0.25) is 0 Å². The summed E-state index contributed by atoms with van der Waals surface area (Å²) in [4.78, 5) is 2.94. The first-order valence-corrected chi connectivity index (χ1v) is 6.67. The minimum Gasteiger partial charge on any atom is -0.336 e. The van der Waals surface area contributed by atoms with Crippen molar-refractivity contribution in [2.45, 2.75) is 0 Å². The first-order valence-electron chi connectivity index (χ1n) is 6.26. The molecule has 0 atom stereocenters. The summed E-state index contributed by atoms with van der Waals surface area (Å²) < 4.78 is 16.3. The maximum Gasteiger partial charge on any atom is 0.182 e. The second kappa shape index (κ2) is 5.35. The molecule has 0 aliphatic rings. The molecule has 5 heteroatoms. The van der Waals surface area contributed by atoms with Crippen LogP contribution in [-0.2, 0) is 0 Å². The number of H-pyrrole nitrogens is 1. The number of aromatic amines is 1. The van der Waals surface area contributed by atoms with Gasteiger partial charge in [-0.2, -0.15) is 5.26 Å². The number of rotatable bonds is 2. The standard InChI is InChI=1S/C16H10FN3S/c17-13-8-11(9-18)6-7-14(13)20-15(10-19-16(20)21)12-4-2-1-3-5-12/h1-8,10H,(H,19,21). The molecule has 0 aliphatic carbocycles. The molecule has 0 fully saturated rings. The fourth-order valence-corrected chi connectivity index (χ4v) is 2.44. The second-order valence-corrected chi connectivity index (χ2v) is 4.85. The Morgan fingerprint density at radius 2 is 1.90 bits per heavy atom. The van der Waals surface area contributed by atoms with E-state index in [1.807, 2.05) is 36.4 Å². The quantitative estimate of drug-likeness (QED) is 0.720. The van der Waals surface area contributed by atoms with Gasteiger partial charge in [-0.05, 0) is 30.4 Å². The highest BCUT2D eigenvalue weighted by molar-refractivity contribution is 7.71. The largest absolute Gasteiger partial charge is 0.336 e. The lowest BCUT2D eigenvalue weighted by atomic mass is 10.1. The van der Waals surface area contributed by atoms with Crippen molar-refractivity contribution in [3.05, 3.63) is 70.9 Å². The molecule has 3 aromatic rings. The fraction of sp³-hybridized carbons (Fsp3) is 0. The molecule has 0 amide bonds. The van der Waals surface area contributed by atoms with Gasteiger partial charge in [-0.25, -0.2) is 4.39 Å². The molecule has 1 aromatic heterocycles. The van der Waals surface area contributed by atoms with E-state index in [2.05, 4.69) is 4.98 Å². The van der Waals surface area contributed by atoms with Gasteiger partial charge in [0.15, 0.2) is 4.77 Å². The topological polar surface area (TPSA) is 44.5 Å². The average molecular weight is 295 g/mol. The zero-order valence-electron chi connectivity index (χ0n) is 10.9. The van der Waals surface area contributed by atoms with Crippen molar-refractivity contribution in [1.82, 2.24) is 9.55 Å². The van der Waals surface area contributed by atoms with Crippen LogP contribution in [-0.4, -0.2) is 9.55 Å². The molecule has 1 N–H and O–H groups in total. The highest BCUT2D eigenvalue weighted by Gasteiger charge is 2.12. The van der Waals surface area contributed by atoms with E-state index in [0.717, 1.165) is 11.3 Å². The van der Waals surface area contributed by atoms with Gasteiger partial charge >= 0.3 is 0 Å². The van der Waals surface area contributed by atoms with Crippen molar-refractivity contribution in [3.8, 4) is 23.0 Å². The van der Waals surface area contributed by atoms with Crippen molar-refractivity contribution in [2.75, 3.05) is 0 Å². The van der Waals surface area contributed by atoms with Crippen LogP contribution in [0.25, 0.3) is 16.9 Å². The third-order valence-corrected chi connectivity index (χ3v) is 3.46. The smallest absolute Gasteiger partial charge is 0.182 e. The molecule has 0 saturated carbocycles. The maximum absolute atomic E-state index is 14.2. The number of benzene rings is 2. The number of hydrogen-bond donors (Lipinski definition) is 1. The van der Waals surface area contributed by atoms with E-state index in [-0.39, 0.29) is 5.56 Å². The van der Waals surface area contributed by atoms with Gasteiger partial charge in [-0.15, -0.1) is 0 Å². The molecule has 0 bridgehead atoms. The number of aromatic nitrogens is 2.